The van der Waals surface area contributed by atoms with Gasteiger partial charge in [-0.1, -0.05) is 13.3 Å². The molecule has 1 aliphatic rings. The number of hydrogen-bond acceptors (Lipinski definition) is 4. The van der Waals surface area contributed by atoms with E-state index in [2.05, 4.69) is 11.9 Å². The molecule has 1 saturated heterocycles. The lowest BCUT2D eigenvalue weighted by Crippen LogP contribution is -2.48. The third-order valence-electron chi connectivity index (χ3n) is 4.18. The number of nitrogens with two attached hydrogens (primary N) is 1. The molecule has 0 spiro atoms. The summed E-state index contributed by atoms with van der Waals surface area (Å²) >= 11 is 0. The van der Waals surface area contributed by atoms with Gasteiger partial charge in [-0.2, -0.15) is 4.31 Å². The Morgan fingerprint density at radius 2 is 2.15 bits per heavy atom. The lowest BCUT2D eigenvalue weighted by atomic mass is 9.92. The van der Waals surface area contributed by atoms with Crippen LogP contribution in [0.1, 0.15) is 32.5 Å². The van der Waals surface area contributed by atoms with Gasteiger partial charge in [0.05, 0.1) is 0 Å². The first-order chi connectivity index (χ1) is 9.40. The van der Waals surface area contributed by atoms with Crippen LogP contribution in [0.5, 0.6) is 0 Å². The van der Waals surface area contributed by atoms with Crippen molar-refractivity contribution in [3.05, 3.63) is 12.0 Å². The van der Waals surface area contributed by atoms with Crippen LogP contribution in [0.15, 0.2) is 11.2 Å². The fraction of sp³-hybridized carbons (Fsp3) is 0.769. The van der Waals surface area contributed by atoms with Gasteiger partial charge < -0.3 is 10.3 Å². The maximum atomic E-state index is 12.6. The SMILES string of the molecule is CCC1CN(S(=O)(=O)c2cn(CC)c(C)n2)CCC1N. The van der Waals surface area contributed by atoms with E-state index in [9.17, 15) is 8.42 Å². The summed E-state index contributed by atoms with van der Waals surface area (Å²) in [7, 11) is -3.49. The molecule has 1 aliphatic heterocycles. The largest absolute Gasteiger partial charge is 0.334 e. The first-order valence-electron chi connectivity index (χ1n) is 7.19. The van der Waals surface area contributed by atoms with E-state index in [0.717, 1.165) is 18.8 Å². The molecule has 0 amide bonds. The Balaban J connectivity index is 2.25. The second-order valence-corrected chi connectivity index (χ2v) is 7.28. The quantitative estimate of drug-likeness (QED) is 0.898. The van der Waals surface area contributed by atoms with Gasteiger partial charge in [0, 0.05) is 31.9 Å². The van der Waals surface area contributed by atoms with E-state index in [1.165, 1.54) is 4.31 Å². The summed E-state index contributed by atoms with van der Waals surface area (Å²) in [5.74, 6) is 0.958. The Hall–Kier alpha value is -0.920. The molecule has 0 aromatic carbocycles. The zero-order valence-corrected chi connectivity index (χ0v) is 13.2. The van der Waals surface area contributed by atoms with E-state index in [1.807, 2.05) is 18.4 Å². The van der Waals surface area contributed by atoms with Crippen molar-refractivity contribution < 1.29 is 8.42 Å². The third-order valence-corrected chi connectivity index (χ3v) is 5.92. The molecule has 0 aliphatic carbocycles. The fourth-order valence-corrected chi connectivity index (χ4v) is 4.23. The average Bonchev–Trinajstić information content (AvgIpc) is 2.81. The minimum atomic E-state index is -3.49. The topological polar surface area (TPSA) is 81.2 Å². The highest BCUT2D eigenvalue weighted by Crippen LogP contribution is 2.24. The van der Waals surface area contributed by atoms with E-state index >= 15 is 0 Å². The second-order valence-electron chi connectivity index (χ2n) is 5.40. The maximum Gasteiger partial charge on any atom is 0.262 e. The van der Waals surface area contributed by atoms with Crippen LogP contribution in [0.4, 0.5) is 0 Å². The molecule has 2 N–H and O–H groups in total. The fourth-order valence-electron chi connectivity index (χ4n) is 2.72. The summed E-state index contributed by atoms with van der Waals surface area (Å²) in [5, 5.41) is 0.155. The van der Waals surface area contributed by atoms with Gasteiger partial charge in [0.25, 0.3) is 10.0 Å². The predicted molar refractivity (Wildman–Crippen MR) is 77.8 cm³/mol. The average molecular weight is 300 g/mol. The van der Waals surface area contributed by atoms with Crippen molar-refractivity contribution in [3.8, 4) is 0 Å². The summed E-state index contributed by atoms with van der Waals surface area (Å²) in [4.78, 5) is 4.20. The molecular weight excluding hydrogens is 276 g/mol. The zero-order chi connectivity index (χ0) is 14.9. The van der Waals surface area contributed by atoms with Crippen LogP contribution in [0.2, 0.25) is 0 Å². The van der Waals surface area contributed by atoms with Gasteiger partial charge in [-0.15, -0.1) is 0 Å². The Bertz CT molecular complexity index is 567. The maximum absolute atomic E-state index is 12.6. The molecular formula is C13H24N4O2S. The molecule has 2 heterocycles. The van der Waals surface area contributed by atoms with Crippen LogP contribution in [0, 0.1) is 12.8 Å². The van der Waals surface area contributed by atoms with Crippen LogP contribution >= 0.6 is 0 Å². The second kappa shape index (κ2) is 5.83. The molecule has 20 heavy (non-hydrogen) atoms. The van der Waals surface area contributed by atoms with Gasteiger partial charge in [0.1, 0.15) is 5.82 Å². The van der Waals surface area contributed by atoms with Gasteiger partial charge >= 0.3 is 0 Å². The smallest absolute Gasteiger partial charge is 0.262 e. The van der Waals surface area contributed by atoms with Gasteiger partial charge in [0.15, 0.2) is 5.03 Å². The number of aryl methyl sites for hydroxylation is 2. The Morgan fingerprint density at radius 3 is 2.70 bits per heavy atom. The van der Waals surface area contributed by atoms with Gasteiger partial charge in [-0.25, -0.2) is 13.4 Å². The lowest BCUT2D eigenvalue weighted by molar-refractivity contribution is 0.230. The highest BCUT2D eigenvalue weighted by Gasteiger charge is 2.34. The lowest BCUT2D eigenvalue weighted by Gasteiger charge is -2.35. The van der Waals surface area contributed by atoms with E-state index in [4.69, 9.17) is 5.73 Å². The molecule has 0 saturated carbocycles. The molecule has 6 nitrogen and oxygen atoms in total. The van der Waals surface area contributed by atoms with Crippen molar-refractivity contribution >= 4 is 10.0 Å². The first kappa shape index (κ1) is 15.5. The third kappa shape index (κ3) is 2.75. The van der Waals surface area contributed by atoms with E-state index in [-0.39, 0.29) is 17.0 Å². The number of imidazole rings is 1. The van der Waals surface area contributed by atoms with Crippen LogP contribution in [0.3, 0.4) is 0 Å². The minimum absolute atomic E-state index is 0.0985. The zero-order valence-electron chi connectivity index (χ0n) is 12.4. The summed E-state index contributed by atoms with van der Waals surface area (Å²) in [6.45, 7) is 7.55. The highest BCUT2D eigenvalue weighted by molar-refractivity contribution is 7.89. The van der Waals surface area contributed by atoms with E-state index in [1.54, 1.807) is 6.20 Å². The van der Waals surface area contributed by atoms with Crippen LogP contribution in [-0.4, -0.2) is 41.4 Å². The van der Waals surface area contributed by atoms with Crippen molar-refractivity contribution in [2.75, 3.05) is 13.1 Å². The molecule has 2 unspecified atom stereocenters. The predicted octanol–water partition coefficient (Wildman–Crippen LogP) is 0.959. The summed E-state index contributed by atoms with van der Waals surface area (Å²) in [6, 6.07) is 0.0985. The Labute approximate surface area is 121 Å². The Morgan fingerprint density at radius 1 is 1.45 bits per heavy atom. The molecule has 0 bridgehead atoms. The molecule has 1 aromatic rings. The Kier molecular flexibility index (Phi) is 4.51. The number of piperidine rings is 1. The van der Waals surface area contributed by atoms with Crippen LogP contribution < -0.4 is 5.73 Å². The normalized spacial score (nSPS) is 25.0. The summed E-state index contributed by atoms with van der Waals surface area (Å²) < 4.78 is 28.7. The van der Waals surface area contributed by atoms with Crippen molar-refractivity contribution in [1.29, 1.82) is 0 Å². The van der Waals surface area contributed by atoms with Gasteiger partial charge in [0.2, 0.25) is 0 Å². The molecule has 1 aromatic heterocycles. The minimum Gasteiger partial charge on any atom is -0.334 e. The van der Waals surface area contributed by atoms with E-state index in [0.29, 0.717) is 19.5 Å². The van der Waals surface area contributed by atoms with Crippen LogP contribution in [-0.2, 0) is 16.6 Å². The molecule has 7 heteroatoms. The number of nitrogens with zero attached hydrogens (tertiary/aromatic N) is 3. The van der Waals surface area contributed by atoms with Crippen molar-refractivity contribution in [3.63, 3.8) is 0 Å². The van der Waals surface area contributed by atoms with Crippen LogP contribution in [0.25, 0.3) is 0 Å². The number of rotatable bonds is 4. The number of hydrogen-bond donors (Lipinski definition) is 1. The standard InChI is InChI=1S/C13H24N4O2S/c1-4-11-8-17(7-6-12(11)14)20(18,19)13-9-16(5-2)10(3)15-13/h9,11-12H,4-8,14H2,1-3H3. The summed E-state index contributed by atoms with van der Waals surface area (Å²) in [6.07, 6.45) is 3.24. The molecule has 0 radical (unpaired) electrons. The van der Waals surface area contributed by atoms with Crippen molar-refractivity contribution in [1.82, 2.24) is 13.9 Å². The molecule has 2 rings (SSSR count). The van der Waals surface area contributed by atoms with E-state index < -0.39 is 10.0 Å². The first-order valence-corrected chi connectivity index (χ1v) is 8.63. The van der Waals surface area contributed by atoms with Gasteiger partial charge in [-0.05, 0) is 26.2 Å². The molecule has 114 valence electrons. The summed E-state index contributed by atoms with van der Waals surface area (Å²) in [5.41, 5.74) is 6.04. The van der Waals surface area contributed by atoms with Crippen molar-refractivity contribution in [2.45, 2.75) is 51.2 Å². The van der Waals surface area contributed by atoms with Gasteiger partial charge in [-0.3, -0.25) is 0 Å². The van der Waals surface area contributed by atoms with Crippen molar-refractivity contribution in [2.24, 2.45) is 11.7 Å². The molecule has 1 fully saturated rings. The number of aromatic nitrogens is 2. The molecule has 2 atom stereocenters. The monoisotopic (exact) mass is 300 g/mol. The number of sulfonamides is 1. The highest BCUT2D eigenvalue weighted by atomic mass is 32.2.